The van der Waals surface area contributed by atoms with Crippen LogP contribution in [0.1, 0.15) is 18.1 Å². The second kappa shape index (κ2) is 11.6. The van der Waals surface area contributed by atoms with E-state index in [2.05, 4.69) is 52.9 Å². The van der Waals surface area contributed by atoms with Crippen molar-refractivity contribution in [2.45, 2.75) is 25.7 Å². The molecule has 3 aromatic rings. The van der Waals surface area contributed by atoms with E-state index in [0.29, 0.717) is 44.2 Å². The monoisotopic (exact) mass is 585 g/mol. The summed E-state index contributed by atoms with van der Waals surface area (Å²) in [6, 6.07) is 19.5. The van der Waals surface area contributed by atoms with Gasteiger partial charge in [-0.25, -0.2) is 8.42 Å². The van der Waals surface area contributed by atoms with Gasteiger partial charge in [0.25, 0.3) is 10.0 Å². The zero-order chi connectivity index (χ0) is 26.6. The molecule has 1 aliphatic rings. The molecule has 1 heterocycles. The van der Waals surface area contributed by atoms with Gasteiger partial charge in [0, 0.05) is 36.3 Å². The van der Waals surface area contributed by atoms with Gasteiger partial charge in [-0.3, -0.25) is 9.10 Å². The number of carbonyl (C=O) groups excluding carboxylic acids is 1. The first-order valence-corrected chi connectivity index (χ1v) is 14.5. The maximum Gasteiger partial charge on any atom is 0.264 e. The largest absolute Gasteiger partial charge is 0.494 e. The summed E-state index contributed by atoms with van der Waals surface area (Å²) in [7, 11) is -3.98. The molecule has 0 saturated carbocycles. The fourth-order valence-electron chi connectivity index (χ4n) is 4.42. The smallest absolute Gasteiger partial charge is 0.264 e. The Morgan fingerprint density at radius 2 is 1.59 bits per heavy atom. The highest BCUT2D eigenvalue weighted by molar-refractivity contribution is 9.10. The number of aryl methyl sites for hydroxylation is 1. The Bertz CT molecular complexity index is 1340. The predicted molar refractivity (Wildman–Crippen MR) is 151 cm³/mol. The maximum absolute atomic E-state index is 13.7. The number of ether oxygens (including phenoxy) is 1. The van der Waals surface area contributed by atoms with Crippen molar-refractivity contribution in [3.63, 3.8) is 0 Å². The Labute approximate surface area is 227 Å². The Kier molecular flexibility index (Phi) is 8.44. The summed E-state index contributed by atoms with van der Waals surface area (Å²) in [6.45, 7) is 8.77. The molecule has 1 saturated heterocycles. The molecule has 1 amide bonds. The third kappa shape index (κ3) is 6.10. The van der Waals surface area contributed by atoms with Gasteiger partial charge >= 0.3 is 0 Å². The number of anilines is 2. The molecule has 3 aromatic carbocycles. The Morgan fingerprint density at radius 1 is 0.946 bits per heavy atom. The van der Waals surface area contributed by atoms with E-state index in [1.54, 1.807) is 41.3 Å². The van der Waals surface area contributed by atoms with Gasteiger partial charge in [0.15, 0.2) is 0 Å². The van der Waals surface area contributed by atoms with Crippen molar-refractivity contribution >= 4 is 43.2 Å². The molecule has 1 fully saturated rings. The molecule has 0 bridgehead atoms. The second-order valence-electron chi connectivity index (χ2n) is 8.98. The van der Waals surface area contributed by atoms with Gasteiger partial charge in [0.2, 0.25) is 5.91 Å². The van der Waals surface area contributed by atoms with Gasteiger partial charge < -0.3 is 14.5 Å². The standard InChI is InChI=1S/C28H32BrN3O4S/c1-4-36-25-12-10-24(11-13-25)32(37(34,35)26-14-8-23(29)9-15-26)20-28(33)31-18-16-30(17-19-31)27-7-5-6-21(2)22(27)3/h5-15H,4,16-20H2,1-3H3. The van der Waals surface area contributed by atoms with E-state index in [1.807, 2.05) is 6.92 Å². The molecule has 0 radical (unpaired) electrons. The maximum atomic E-state index is 13.7. The van der Waals surface area contributed by atoms with Crippen LogP contribution in [0.2, 0.25) is 0 Å². The van der Waals surface area contributed by atoms with Crippen LogP contribution < -0.4 is 13.9 Å². The van der Waals surface area contributed by atoms with Crippen molar-refractivity contribution in [2.75, 3.05) is 48.5 Å². The average molecular weight is 587 g/mol. The third-order valence-electron chi connectivity index (χ3n) is 6.67. The van der Waals surface area contributed by atoms with Crippen LogP contribution >= 0.6 is 15.9 Å². The number of benzene rings is 3. The minimum atomic E-state index is -3.98. The first kappa shape index (κ1) is 27.0. The fourth-order valence-corrected chi connectivity index (χ4v) is 6.10. The lowest BCUT2D eigenvalue weighted by Crippen LogP contribution is -2.52. The van der Waals surface area contributed by atoms with Gasteiger partial charge in [-0.2, -0.15) is 0 Å². The van der Waals surface area contributed by atoms with Crippen LogP contribution in [0.25, 0.3) is 0 Å². The molecule has 1 aliphatic heterocycles. The van der Waals surface area contributed by atoms with Crippen LogP contribution in [-0.2, 0) is 14.8 Å². The van der Waals surface area contributed by atoms with Crippen molar-refractivity contribution in [3.05, 3.63) is 82.3 Å². The number of nitrogens with zero attached hydrogens (tertiary/aromatic N) is 3. The van der Waals surface area contributed by atoms with Gasteiger partial charge in [-0.15, -0.1) is 0 Å². The van der Waals surface area contributed by atoms with Crippen molar-refractivity contribution in [3.8, 4) is 5.75 Å². The Morgan fingerprint density at radius 3 is 2.22 bits per heavy atom. The average Bonchev–Trinajstić information content (AvgIpc) is 2.90. The molecule has 0 atom stereocenters. The zero-order valence-corrected chi connectivity index (χ0v) is 23.8. The van der Waals surface area contributed by atoms with E-state index in [9.17, 15) is 13.2 Å². The van der Waals surface area contributed by atoms with Gasteiger partial charge in [-0.05, 0) is 86.5 Å². The summed E-state index contributed by atoms with van der Waals surface area (Å²) in [6.07, 6.45) is 0. The summed E-state index contributed by atoms with van der Waals surface area (Å²) in [5, 5.41) is 0. The SMILES string of the molecule is CCOc1ccc(N(CC(=O)N2CCN(c3cccc(C)c3C)CC2)S(=O)(=O)c2ccc(Br)cc2)cc1. The summed E-state index contributed by atoms with van der Waals surface area (Å²) >= 11 is 3.35. The van der Waals surface area contributed by atoms with Crippen LogP contribution in [-0.4, -0.2) is 58.6 Å². The number of sulfonamides is 1. The molecule has 0 aliphatic carbocycles. The topological polar surface area (TPSA) is 70.2 Å². The van der Waals surface area contributed by atoms with Crippen LogP contribution in [0.4, 0.5) is 11.4 Å². The summed E-state index contributed by atoms with van der Waals surface area (Å²) in [5.74, 6) is 0.413. The van der Waals surface area contributed by atoms with E-state index in [-0.39, 0.29) is 17.3 Å². The minimum absolute atomic E-state index is 0.122. The molecular weight excluding hydrogens is 554 g/mol. The number of hydrogen-bond acceptors (Lipinski definition) is 5. The van der Waals surface area contributed by atoms with E-state index >= 15 is 0 Å². The lowest BCUT2D eigenvalue weighted by atomic mass is 10.1. The minimum Gasteiger partial charge on any atom is -0.494 e. The molecule has 7 nitrogen and oxygen atoms in total. The number of halogens is 1. The third-order valence-corrected chi connectivity index (χ3v) is 8.98. The van der Waals surface area contributed by atoms with Crippen LogP contribution in [0.3, 0.4) is 0 Å². The quantitative estimate of drug-likeness (QED) is 0.371. The number of amides is 1. The Balaban J connectivity index is 1.54. The highest BCUT2D eigenvalue weighted by Crippen LogP contribution is 2.28. The summed E-state index contributed by atoms with van der Waals surface area (Å²) < 4.78 is 34.8. The lowest BCUT2D eigenvalue weighted by Gasteiger charge is -2.38. The van der Waals surface area contributed by atoms with E-state index < -0.39 is 10.0 Å². The molecular formula is C28H32BrN3O4S. The highest BCUT2D eigenvalue weighted by atomic mass is 79.9. The van der Waals surface area contributed by atoms with Gasteiger partial charge in [0.1, 0.15) is 12.3 Å². The van der Waals surface area contributed by atoms with Crippen LogP contribution in [0.15, 0.2) is 76.1 Å². The summed E-state index contributed by atoms with van der Waals surface area (Å²) in [4.78, 5) is 17.6. The molecule has 0 aromatic heterocycles. The van der Waals surface area contributed by atoms with E-state index in [1.165, 1.54) is 33.3 Å². The lowest BCUT2D eigenvalue weighted by molar-refractivity contribution is -0.129. The normalized spacial score (nSPS) is 13.9. The Hall–Kier alpha value is -3.04. The van der Waals surface area contributed by atoms with E-state index in [0.717, 1.165) is 4.47 Å². The molecule has 0 unspecified atom stereocenters. The second-order valence-corrected chi connectivity index (χ2v) is 11.8. The number of carbonyl (C=O) groups is 1. The molecule has 9 heteroatoms. The van der Waals surface area contributed by atoms with E-state index in [4.69, 9.17) is 4.74 Å². The van der Waals surface area contributed by atoms with Gasteiger partial charge in [0.05, 0.1) is 17.2 Å². The molecule has 37 heavy (non-hydrogen) atoms. The van der Waals surface area contributed by atoms with Crippen LogP contribution in [0.5, 0.6) is 5.75 Å². The molecule has 0 N–H and O–H groups in total. The van der Waals surface area contributed by atoms with Crippen molar-refractivity contribution in [1.29, 1.82) is 0 Å². The molecule has 0 spiro atoms. The fraction of sp³-hybridized carbons (Fsp3) is 0.321. The number of rotatable bonds is 8. The highest BCUT2D eigenvalue weighted by Gasteiger charge is 2.30. The van der Waals surface area contributed by atoms with Crippen molar-refractivity contribution in [1.82, 2.24) is 4.90 Å². The van der Waals surface area contributed by atoms with Crippen molar-refractivity contribution < 1.29 is 17.9 Å². The number of piperazine rings is 1. The first-order chi connectivity index (χ1) is 17.7. The summed E-state index contributed by atoms with van der Waals surface area (Å²) in [5.41, 5.74) is 4.07. The van der Waals surface area contributed by atoms with Crippen molar-refractivity contribution in [2.24, 2.45) is 0 Å². The molecule has 196 valence electrons. The predicted octanol–water partition coefficient (Wildman–Crippen LogP) is 5.01. The zero-order valence-electron chi connectivity index (χ0n) is 21.4. The molecule has 4 rings (SSSR count). The first-order valence-electron chi connectivity index (χ1n) is 12.3. The number of hydrogen-bond donors (Lipinski definition) is 0. The van der Waals surface area contributed by atoms with Crippen LogP contribution in [0, 0.1) is 13.8 Å². The van der Waals surface area contributed by atoms with Gasteiger partial charge in [-0.1, -0.05) is 28.1 Å².